The lowest BCUT2D eigenvalue weighted by molar-refractivity contribution is 0.0848. The van der Waals surface area contributed by atoms with Gasteiger partial charge in [0, 0.05) is 19.1 Å². The molecule has 0 unspecified atom stereocenters. The molecule has 4 nitrogen and oxygen atoms in total. The first kappa shape index (κ1) is 14.2. The van der Waals surface area contributed by atoms with Gasteiger partial charge in [-0.1, -0.05) is 30.3 Å². The fourth-order valence-electron chi connectivity index (χ4n) is 2.68. The third-order valence-electron chi connectivity index (χ3n) is 3.82. The van der Waals surface area contributed by atoms with E-state index in [0.29, 0.717) is 17.3 Å². The summed E-state index contributed by atoms with van der Waals surface area (Å²) < 4.78 is 5.84. The first-order chi connectivity index (χ1) is 10.3. The number of carbonyl (C=O) groups excluding carboxylic acids is 1. The topological polar surface area (TPSA) is 51.2 Å². The van der Waals surface area contributed by atoms with Gasteiger partial charge in [0.15, 0.2) is 0 Å². The Morgan fingerprint density at radius 3 is 2.95 bits per heavy atom. The molecule has 1 saturated heterocycles. The second-order valence-corrected chi connectivity index (χ2v) is 6.08. The molecular formula is C16H18N2O2S. The van der Waals surface area contributed by atoms with Crippen LogP contribution in [0.3, 0.4) is 0 Å². The van der Waals surface area contributed by atoms with E-state index in [4.69, 9.17) is 4.74 Å². The highest BCUT2D eigenvalue weighted by Gasteiger charge is 2.30. The number of aromatic nitrogens is 1. The van der Waals surface area contributed by atoms with Crippen molar-refractivity contribution in [3.8, 4) is 0 Å². The summed E-state index contributed by atoms with van der Waals surface area (Å²) in [7, 11) is 0. The number of ether oxygens (including phenoxy) is 1. The predicted molar refractivity (Wildman–Crippen MR) is 82.4 cm³/mol. The van der Waals surface area contributed by atoms with Crippen molar-refractivity contribution in [3.05, 3.63) is 52.0 Å². The minimum Gasteiger partial charge on any atom is -0.373 e. The fourth-order valence-corrected chi connectivity index (χ4v) is 3.40. The molecule has 1 fully saturated rings. The molecule has 0 bridgehead atoms. The van der Waals surface area contributed by atoms with Gasteiger partial charge in [0.25, 0.3) is 5.91 Å². The van der Waals surface area contributed by atoms with Crippen LogP contribution in [0.5, 0.6) is 0 Å². The van der Waals surface area contributed by atoms with Crippen LogP contribution in [0.2, 0.25) is 0 Å². The number of hydrogen-bond acceptors (Lipinski definition) is 4. The van der Waals surface area contributed by atoms with E-state index in [0.717, 1.165) is 18.7 Å². The molecule has 5 heteroatoms. The maximum atomic E-state index is 12.1. The third-order valence-corrected chi connectivity index (χ3v) is 4.75. The summed E-state index contributed by atoms with van der Waals surface area (Å²) in [5.41, 5.74) is 3.68. The summed E-state index contributed by atoms with van der Waals surface area (Å²) >= 11 is 1.38. The van der Waals surface area contributed by atoms with Crippen molar-refractivity contribution in [2.75, 3.05) is 13.2 Å². The molecule has 110 valence electrons. The molecule has 2 aromatic rings. The Balaban J connectivity index is 1.62. The number of hydrogen-bond donors (Lipinski definition) is 1. The zero-order valence-electron chi connectivity index (χ0n) is 11.9. The molecule has 0 radical (unpaired) electrons. The van der Waals surface area contributed by atoms with Crippen molar-refractivity contribution in [3.63, 3.8) is 0 Å². The first-order valence-electron chi connectivity index (χ1n) is 7.10. The number of thiazole rings is 1. The molecule has 1 aliphatic rings. The Kier molecular flexibility index (Phi) is 4.31. The van der Waals surface area contributed by atoms with Crippen LogP contribution in [-0.4, -0.2) is 24.0 Å². The maximum Gasteiger partial charge on any atom is 0.263 e. The molecule has 1 amide bonds. The Morgan fingerprint density at radius 2 is 2.24 bits per heavy atom. The zero-order valence-corrected chi connectivity index (χ0v) is 12.7. The standard InChI is InChI=1S/C16H18N2O2S/c1-11-15(21-10-18-11)16(19)17-9-13-7-8-20-14(13)12-5-3-2-4-6-12/h2-6,10,13-14H,7-9H2,1H3,(H,17,19)/t13-,14-/m1/s1. The Labute approximate surface area is 128 Å². The van der Waals surface area contributed by atoms with Crippen LogP contribution >= 0.6 is 11.3 Å². The SMILES string of the molecule is Cc1ncsc1C(=O)NC[C@H]1CCO[C@@H]1c1ccccc1. The van der Waals surface area contributed by atoms with E-state index in [-0.39, 0.29) is 12.0 Å². The summed E-state index contributed by atoms with van der Waals surface area (Å²) in [6, 6.07) is 10.2. The van der Waals surface area contributed by atoms with Crippen LogP contribution in [0.4, 0.5) is 0 Å². The monoisotopic (exact) mass is 302 g/mol. The van der Waals surface area contributed by atoms with Gasteiger partial charge in [-0.3, -0.25) is 4.79 Å². The summed E-state index contributed by atoms with van der Waals surface area (Å²) in [5.74, 6) is 0.290. The van der Waals surface area contributed by atoms with Crippen molar-refractivity contribution in [1.29, 1.82) is 0 Å². The highest BCUT2D eigenvalue weighted by molar-refractivity contribution is 7.11. The molecule has 3 rings (SSSR count). The molecule has 0 saturated carbocycles. The lowest BCUT2D eigenvalue weighted by Gasteiger charge is -2.19. The number of nitrogens with zero attached hydrogens (tertiary/aromatic N) is 1. The van der Waals surface area contributed by atoms with Crippen molar-refractivity contribution in [2.24, 2.45) is 5.92 Å². The lowest BCUT2D eigenvalue weighted by Crippen LogP contribution is -2.30. The van der Waals surface area contributed by atoms with Crippen LogP contribution in [0, 0.1) is 12.8 Å². The highest BCUT2D eigenvalue weighted by atomic mass is 32.1. The van der Waals surface area contributed by atoms with Crippen molar-refractivity contribution in [2.45, 2.75) is 19.4 Å². The molecule has 0 spiro atoms. The number of aryl methyl sites for hydroxylation is 1. The van der Waals surface area contributed by atoms with Crippen LogP contribution in [0.15, 0.2) is 35.8 Å². The van der Waals surface area contributed by atoms with E-state index in [1.807, 2.05) is 25.1 Å². The molecule has 1 N–H and O–H groups in total. The zero-order chi connectivity index (χ0) is 14.7. The van der Waals surface area contributed by atoms with E-state index in [1.165, 1.54) is 16.9 Å². The van der Waals surface area contributed by atoms with Gasteiger partial charge in [-0.25, -0.2) is 4.98 Å². The molecule has 1 aromatic carbocycles. The average molecular weight is 302 g/mol. The predicted octanol–water partition coefficient (Wildman–Crippen LogP) is 2.96. The molecule has 21 heavy (non-hydrogen) atoms. The van der Waals surface area contributed by atoms with Gasteiger partial charge in [-0.15, -0.1) is 11.3 Å². The van der Waals surface area contributed by atoms with E-state index >= 15 is 0 Å². The van der Waals surface area contributed by atoms with Crippen molar-refractivity contribution < 1.29 is 9.53 Å². The second kappa shape index (κ2) is 6.37. The number of rotatable bonds is 4. The summed E-state index contributed by atoms with van der Waals surface area (Å²) in [4.78, 5) is 17.0. The van der Waals surface area contributed by atoms with Crippen LogP contribution in [0.1, 0.15) is 33.5 Å². The number of carbonyl (C=O) groups is 1. The number of benzene rings is 1. The van der Waals surface area contributed by atoms with Gasteiger partial charge in [-0.2, -0.15) is 0 Å². The van der Waals surface area contributed by atoms with E-state index in [2.05, 4.69) is 22.4 Å². The van der Waals surface area contributed by atoms with Gasteiger partial charge in [0.2, 0.25) is 0 Å². The molecule has 1 aliphatic heterocycles. The quantitative estimate of drug-likeness (QED) is 0.944. The van der Waals surface area contributed by atoms with E-state index < -0.39 is 0 Å². The minimum atomic E-state index is -0.0336. The smallest absolute Gasteiger partial charge is 0.263 e. The van der Waals surface area contributed by atoms with E-state index in [9.17, 15) is 4.79 Å². The lowest BCUT2D eigenvalue weighted by atomic mass is 9.95. The van der Waals surface area contributed by atoms with Crippen LogP contribution < -0.4 is 5.32 Å². The Bertz CT molecular complexity index is 612. The minimum absolute atomic E-state index is 0.0336. The van der Waals surface area contributed by atoms with Gasteiger partial charge in [-0.05, 0) is 18.9 Å². The molecule has 2 atom stereocenters. The van der Waals surface area contributed by atoms with Crippen molar-refractivity contribution >= 4 is 17.2 Å². The van der Waals surface area contributed by atoms with Gasteiger partial charge >= 0.3 is 0 Å². The van der Waals surface area contributed by atoms with E-state index in [1.54, 1.807) is 5.51 Å². The first-order valence-corrected chi connectivity index (χ1v) is 7.98. The molecule has 1 aromatic heterocycles. The largest absolute Gasteiger partial charge is 0.373 e. The number of amides is 1. The fraction of sp³-hybridized carbons (Fsp3) is 0.375. The van der Waals surface area contributed by atoms with Crippen LogP contribution in [0.25, 0.3) is 0 Å². The van der Waals surface area contributed by atoms with Crippen LogP contribution in [-0.2, 0) is 4.74 Å². The van der Waals surface area contributed by atoms with Crippen molar-refractivity contribution in [1.82, 2.24) is 10.3 Å². The number of nitrogens with one attached hydrogen (secondary N) is 1. The molecule has 0 aliphatic carbocycles. The maximum absolute atomic E-state index is 12.1. The molecular weight excluding hydrogens is 284 g/mol. The highest BCUT2D eigenvalue weighted by Crippen LogP contribution is 2.33. The van der Waals surface area contributed by atoms with Gasteiger partial charge < -0.3 is 10.1 Å². The molecule has 2 heterocycles. The Morgan fingerprint density at radius 1 is 1.43 bits per heavy atom. The van der Waals surface area contributed by atoms with Gasteiger partial charge in [0.05, 0.1) is 17.3 Å². The summed E-state index contributed by atoms with van der Waals surface area (Å²) in [6.45, 7) is 3.24. The normalized spacial score (nSPS) is 21.4. The average Bonchev–Trinajstić information content (AvgIpc) is 3.14. The summed E-state index contributed by atoms with van der Waals surface area (Å²) in [5, 5.41) is 3.02. The Hall–Kier alpha value is -1.72. The summed E-state index contributed by atoms with van der Waals surface area (Å²) in [6.07, 6.45) is 1.05. The van der Waals surface area contributed by atoms with Gasteiger partial charge in [0.1, 0.15) is 4.88 Å². The second-order valence-electron chi connectivity index (χ2n) is 5.23. The third kappa shape index (κ3) is 3.14.